The van der Waals surface area contributed by atoms with Crippen LogP contribution in [-0.4, -0.2) is 30.7 Å². The second-order valence-corrected chi connectivity index (χ2v) is 5.31. The molecule has 0 heterocycles. The Balaban J connectivity index is 2.01. The van der Waals surface area contributed by atoms with Crippen molar-refractivity contribution in [2.75, 3.05) is 19.0 Å². The molecular formula is C18H18N2O4S. The molecule has 0 bridgehead atoms. The van der Waals surface area contributed by atoms with Crippen molar-refractivity contribution in [3.8, 4) is 5.75 Å². The van der Waals surface area contributed by atoms with Gasteiger partial charge in [-0.3, -0.25) is 10.1 Å². The first-order valence-electron chi connectivity index (χ1n) is 7.57. The highest BCUT2D eigenvalue weighted by molar-refractivity contribution is 7.80. The van der Waals surface area contributed by atoms with Gasteiger partial charge in [-0.25, -0.2) is 4.79 Å². The van der Waals surface area contributed by atoms with E-state index in [1.165, 1.54) is 31.4 Å². The Morgan fingerprint density at radius 1 is 1.04 bits per heavy atom. The highest BCUT2D eigenvalue weighted by Crippen LogP contribution is 2.23. The van der Waals surface area contributed by atoms with Crippen LogP contribution in [0.4, 0.5) is 5.69 Å². The lowest BCUT2D eigenvalue weighted by molar-refractivity contribution is 0.0600. The van der Waals surface area contributed by atoms with Crippen molar-refractivity contribution in [3.63, 3.8) is 0 Å². The van der Waals surface area contributed by atoms with Crippen molar-refractivity contribution in [3.05, 3.63) is 59.7 Å². The summed E-state index contributed by atoms with van der Waals surface area (Å²) in [6.07, 6.45) is 0. The van der Waals surface area contributed by atoms with E-state index in [0.29, 0.717) is 29.2 Å². The van der Waals surface area contributed by atoms with Gasteiger partial charge in [0, 0.05) is 5.56 Å². The number of para-hydroxylation sites is 2. The first-order chi connectivity index (χ1) is 12.0. The summed E-state index contributed by atoms with van der Waals surface area (Å²) >= 11 is 5.17. The number of carbonyl (C=O) groups is 2. The molecule has 2 N–H and O–H groups in total. The van der Waals surface area contributed by atoms with E-state index in [4.69, 9.17) is 17.0 Å². The molecule has 0 saturated carbocycles. The number of hydrogen-bond donors (Lipinski definition) is 2. The fourth-order valence-corrected chi connectivity index (χ4v) is 2.26. The van der Waals surface area contributed by atoms with Crippen LogP contribution in [0.1, 0.15) is 27.6 Å². The Morgan fingerprint density at radius 2 is 1.68 bits per heavy atom. The molecule has 0 unspecified atom stereocenters. The van der Waals surface area contributed by atoms with Gasteiger partial charge in [0.25, 0.3) is 5.91 Å². The Kier molecular flexibility index (Phi) is 6.47. The van der Waals surface area contributed by atoms with Gasteiger partial charge in [0.15, 0.2) is 5.11 Å². The molecular weight excluding hydrogens is 340 g/mol. The number of ether oxygens (including phenoxy) is 2. The van der Waals surface area contributed by atoms with Gasteiger partial charge in [-0.2, -0.15) is 0 Å². The maximum absolute atomic E-state index is 12.2. The van der Waals surface area contributed by atoms with Crippen molar-refractivity contribution >= 4 is 34.9 Å². The lowest BCUT2D eigenvalue weighted by Crippen LogP contribution is -2.34. The molecule has 0 aliphatic rings. The van der Waals surface area contributed by atoms with Gasteiger partial charge in [0.05, 0.1) is 25.0 Å². The SMILES string of the molecule is CCOc1ccccc1NC(=S)NC(=O)c1ccc(C(=O)OC)cc1. The summed E-state index contributed by atoms with van der Waals surface area (Å²) in [4.78, 5) is 23.6. The minimum absolute atomic E-state index is 0.147. The van der Waals surface area contributed by atoms with E-state index in [0.717, 1.165) is 0 Å². The molecule has 7 heteroatoms. The van der Waals surface area contributed by atoms with E-state index in [1.807, 2.05) is 25.1 Å². The maximum atomic E-state index is 12.2. The van der Waals surface area contributed by atoms with Crippen LogP contribution in [0.5, 0.6) is 5.75 Å². The summed E-state index contributed by atoms with van der Waals surface area (Å²) in [5.41, 5.74) is 1.40. The monoisotopic (exact) mass is 358 g/mol. The van der Waals surface area contributed by atoms with E-state index in [-0.39, 0.29) is 11.0 Å². The topological polar surface area (TPSA) is 76.7 Å². The van der Waals surface area contributed by atoms with Crippen LogP contribution in [0, 0.1) is 0 Å². The largest absolute Gasteiger partial charge is 0.492 e. The van der Waals surface area contributed by atoms with E-state index in [2.05, 4.69) is 15.4 Å². The highest BCUT2D eigenvalue weighted by Gasteiger charge is 2.11. The smallest absolute Gasteiger partial charge is 0.337 e. The average Bonchev–Trinajstić information content (AvgIpc) is 2.63. The van der Waals surface area contributed by atoms with Gasteiger partial charge in [0.2, 0.25) is 0 Å². The lowest BCUT2D eigenvalue weighted by atomic mass is 10.1. The number of amides is 1. The van der Waals surface area contributed by atoms with Gasteiger partial charge in [-0.1, -0.05) is 12.1 Å². The Bertz CT molecular complexity index is 775. The zero-order chi connectivity index (χ0) is 18.2. The van der Waals surface area contributed by atoms with Crippen LogP contribution in [-0.2, 0) is 4.74 Å². The molecule has 2 aromatic rings. The second-order valence-electron chi connectivity index (χ2n) is 4.91. The Morgan fingerprint density at radius 3 is 2.32 bits per heavy atom. The number of nitrogens with one attached hydrogen (secondary N) is 2. The first kappa shape index (κ1) is 18.4. The predicted molar refractivity (Wildman–Crippen MR) is 99.1 cm³/mol. The molecule has 0 spiro atoms. The van der Waals surface area contributed by atoms with Gasteiger partial charge >= 0.3 is 5.97 Å². The molecule has 0 aliphatic heterocycles. The third-order valence-electron chi connectivity index (χ3n) is 3.23. The maximum Gasteiger partial charge on any atom is 0.337 e. The Labute approximate surface area is 151 Å². The number of esters is 1. The van der Waals surface area contributed by atoms with Crippen LogP contribution < -0.4 is 15.4 Å². The molecule has 2 rings (SSSR count). The van der Waals surface area contributed by atoms with Crippen molar-refractivity contribution in [2.45, 2.75) is 6.92 Å². The van der Waals surface area contributed by atoms with E-state index in [1.54, 1.807) is 6.07 Å². The van der Waals surface area contributed by atoms with Crippen LogP contribution in [0.2, 0.25) is 0 Å². The molecule has 0 fully saturated rings. The first-order valence-corrected chi connectivity index (χ1v) is 7.98. The van der Waals surface area contributed by atoms with Crippen molar-refractivity contribution in [1.82, 2.24) is 5.32 Å². The Hall–Kier alpha value is -2.93. The number of carbonyl (C=O) groups excluding carboxylic acids is 2. The van der Waals surface area contributed by atoms with Gasteiger partial charge in [0.1, 0.15) is 5.75 Å². The summed E-state index contributed by atoms with van der Waals surface area (Å²) < 4.78 is 10.1. The fraction of sp³-hybridized carbons (Fsp3) is 0.167. The van der Waals surface area contributed by atoms with Crippen molar-refractivity contribution < 1.29 is 19.1 Å². The molecule has 0 aromatic heterocycles. The zero-order valence-corrected chi connectivity index (χ0v) is 14.7. The lowest BCUT2D eigenvalue weighted by Gasteiger charge is -2.13. The standard InChI is InChI=1S/C18H18N2O4S/c1-3-24-15-7-5-4-6-14(15)19-18(25)20-16(21)12-8-10-13(11-9-12)17(22)23-2/h4-11H,3H2,1-2H3,(H2,19,20,21,25). The quantitative estimate of drug-likeness (QED) is 0.632. The number of anilines is 1. The molecule has 25 heavy (non-hydrogen) atoms. The third kappa shape index (κ3) is 5.02. The summed E-state index contributed by atoms with van der Waals surface area (Å²) in [6.45, 7) is 2.40. The third-order valence-corrected chi connectivity index (χ3v) is 3.43. The summed E-state index contributed by atoms with van der Waals surface area (Å²) in [7, 11) is 1.30. The van der Waals surface area contributed by atoms with Crippen molar-refractivity contribution in [1.29, 1.82) is 0 Å². The van der Waals surface area contributed by atoms with Gasteiger partial charge < -0.3 is 14.8 Å². The van der Waals surface area contributed by atoms with Crippen LogP contribution in [0.25, 0.3) is 0 Å². The number of methoxy groups -OCH3 is 1. The van der Waals surface area contributed by atoms with Gasteiger partial charge in [-0.05, 0) is 55.5 Å². The molecule has 0 saturated heterocycles. The minimum atomic E-state index is -0.461. The molecule has 0 radical (unpaired) electrons. The van der Waals surface area contributed by atoms with Gasteiger partial charge in [-0.15, -0.1) is 0 Å². The molecule has 0 aliphatic carbocycles. The fourth-order valence-electron chi connectivity index (χ4n) is 2.06. The van der Waals surface area contributed by atoms with Crippen LogP contribution in [0.3, 0.4) is 0 Å². The van der Waals surface area contributed by atoms with E-state index in [9.17, 15) is 9.59 Å². The van der Waals surface area contributed by atoms with Crippen molar-refractivity contribution in [2.24, 2.45) is 0 Å². The summed E-state index contributed by atoms with van der Waals surface area (Å²) in [5.74, 6) is -0.205. The normalized spacial score (nSPS) is 9.84. The zero-order valence-electron chi connectivity index (χ0n) is 13.9. The molecule has 130 valence electrons. The summed E-state index contributed by atoms with van der Waals surface area (Å²) in [6, 6.07) is 13.4. The summed E-state index contributed by atoms with van der Waals surface area (Å²) in [5, 5.41) is 5.67. The number of rotatable bonds is 5. The van der Waals surface area contributed by atoms with E-state index < -0.39 is 5.97 Å². The molecule has 1 amide bonds. The number of benzene rings is 2. The number of thiocarbonyl (C=S) groups is 1. The second kappa shape index (κ2) is 8.79. The molecule has 0 atom stereocenters. The minimum Gasteiger partial charge on any atom is -0.492 e. The molecule has 2 aromatic carbocycles. The van der Waals surface area contributed by atoms with E-state index >= 15 is 0 Å². The highest BCUT2D eigenvalue weighted by atomic mass is 32.1. The van der Waals surface area contributed by atoms with Crippen LogP contribution in [0.15, 0.2) is 48.5 Å². The van der Waals surface area contributed by atoms with Crippen LogP contribution >= 0.6 is 12.2 Å². The number of hydrogen-bond acceptors (Lipinski definition) is 5. The average molecular weight is 358 g/mol. The predicted octanol–water partition coefficient (Wildman–Crippen LogP) is 3.00. The molecule has 6 nitrogen and oxygen atoms in total.